The Balaban J connectivity index is 1.44. The molecule has 0 saturated heterocycles. The van der Waals surface area contributed by atoms with Crippen LogP contribution in [-0.2, 0) is 13.0 Å². The van der Waals surface area contributed by atoms with Crippen molar-refractivity contribution in [2.24, 2.45) is 0 Å². The lowest BCUT2D eigenvalue weighted by Gasteiger charge is -2.27. The van der Waals surface area contributed by atoms with Crippen LogP contribution < -0.4 is 10.6 Å². The Morgan fingerprint density at radius 3 is 2.93 bits per heavy atom. The molecule has 0 spiro atoms. The maximum Gasteiger partial charge on any atom is 0.256 e. The Labute approximate surface area is 166 Å². The minimum Gasteiger partial charge on any atom is -0.457 e. The summed E-state index contributed by atoms with van der Waals surface area (Å²) in [6.07, 6.45) is 0.426. The largest absolute Gasteiger partial charge is 0.457 e. The molecule has 0 aliphatic carbocycles. The molecule has 2 aromatic heterocycles. The van der Waals surface area contributed by atoms with Crippen LogP contribution in [0, 0.1) is 5.82 Å². The highest BCUT2D eigenvalue weighted by Gasteiger charge is 2.34. The number of carbonyl (C=O) groups excluding carboxylic acids is 1. The third-order valence-electron chi connectivity index (χ3n) is 5.41. The number of likely N-dealkylation sites (N-methyl/N-ethyl adjacent to an activating group) is 1. The first-order valence-electron chi connectivity index (χ1n) is 9.43. The number of rotatable bonds is 3. The van der Waals surface area contributed by atoms with E-state index >= 15 is 0 Å². The van der Waals surface area contributed by atoms with Crippen molar-refractivity contribution in [1.82, 2.24) is 10.2 Å². The van der Waals surface area contributed by atoms with Crippen molar-refractivity contribution in [3.63, 3.8) is 0 Å². The molecule has 1 amide bonds. The van der Waals surface area contributed by atoms with Gasteiger partial charge in [0, 0.05) is 18.0 Å². The van der Waals surface area contributed by atoms with Gasteiger partial charge in [0.15, 0.2) is 6.17 Å². The molecule has 0 radical (unpaired) electrons. The van der Waals surface area contributed by atoms with Gasteiger partial charge in [-0.3, -0.25) is 9.69 Å². The van der Waals surface area contributed by atoms with Crippen LogP contribution in [0.2, 0.25) is 0 Å². The number of thiophene rings is 1. The van der Waals surface area contributed by atoms with Crippen molar-refractivity contribution in [1.29, 1.82) is 0 Å². The number of benzene rings is 1. The lowest BCUT2D eigenvalue weighted by atomic mass is 10.0. The molecule has 3 aromatic rings. The maximum absolute atomic E-state index is 14.0. The minimum atomic E-state index is -0.470. The summed E-state index contributed by atoms with van der Waals surface area (Å²) >= 11 is 1.65. The quantitative estimate of drug-likeness (QED) is 0.689. The third kappa shape index (κ3) is 2.82. The molecule has 0 bridgehead atoms. The second-order valence-corrected chi connectivity index (χ2v) is 8.16. The van der Waals surface area contributed by atoms with Gasteiger partial charge in [-0.05, 0) is 42.8 Å². The second kappa shape index (κ2) is 6.76. The summed E-state index contributed by atoms with van der Waals surface area (Å²) in [6.45, 7) is 5.04. The van der Waals surface area contributed by atoms with Crippen LogP contribution in [-0.4, -0.2) is 23.9 Å². The smallest absolute Gasteiger partial charge is 0.256 e. The van der Waals surface area contributed by atoms with Crippen molar-refractivity contribution in [2.75, 3.05) is 18.4 Å². The lowest BCUT2D eigenvalue weighted by molar-refractivity contribution is 0.0930. The van der Waals surface area contributed by atoms with Crippen LogP contribution in [0.1, 0.15) is 39.6 Å². The van der Waals surface area contributed by atoms with Crippen LogP contribution in [0.4, 0.5) is 9.39 Å². The van der Waals surface area contributed by atoms with Gasteiger partial charge in [0.05, 0.1) is 11.1 Å². The van der Waals surface area contributed by atoms with Crippen molar-refractivity contribution in [2.45, 2.75) is 26.1 Å². The minimum absolute atomic E-state index is 0.0787. The van der Waals surface area contributed by atoms with Crippen molar-refractivity contribution < 1.29 is 13.6 Å². The number of hydrogen-bond donors (Lipinski definition) is 2. The summed E-state index contributed by atoms with van der Waals surface area (Å²) < 4.78 is 19.9. The van der Waals surface area contributed by atoms with E-state index < -0.39 is 6.17 Å². The second-order valence-electron chi connectivity index (χ2n) is 7.06. The van der Waals surface area contributed by atoms with Gasteiger partial charge in [0.2, 0.25) is 0 Å². The molecule has 1 atom stereocenters. The lowest BCUT2D eigenvalue weighted by Crippen LogP contribution is -2.38. The van der Waals surface area contributed by atoms with Gasteiger partial charge in [-0.2, -0.15) is 0 Å². The van der Waals surface area contributed by atoms with E-state index in [9.17, 15) is 9.18 Å². The Morgan fingerprint density at radius 2 is 2.11 bits per heavy atom. The molecule has 2 N–H and O–H groups in total. The van der Waals surface area contributed by atoms with E-state index in [1.807, 2.05) is 0 Å². The number of nitrogens with zero attached hydrogens (tertiary/aromatic N) is 1. The summed E-state index contributed by atoms with van der Waals surface area (Å²) in [6, 6.07) is 10.00. The molecular formula is C21H20FN3O2S. The zero-order valence-corrected chi connectivity index (χ0v) is 16.2. The molecule has 0 saturated carbocycles. The number of anilines is 1. The molecule has 7 heteroatoms. The number of fused-ring (bicyclic) bond motifs is 3. The molecular weight excluding hydrogens is 377 g/mol. The third-order valence-corrected chi connectivity index (χ3v) is 6.56. The first-order valence-corrected chi connectivity index (χ1v) is 10.2. The Morgan fingerprint density at radius 1 is 1.25 bits per heavy atom. The van der Waals surface area contributed by atoms with Crippen molar-refractivity contribution in [3.8, 4) is 11.3 Å². The maximum atomic E-state index is 14.0. The fourth-order valence-electron chi connectivity index (χ4n) is 3.89. The van der Waals surface area contributed by atoms with Gasteiger partial charge in [0.25, 0.3) is 5.91 Å². The predicted molar refractivity (Wildman–Crippen MR) is 107 cm³/mol. The van der Waals surface area contributed by atoms with Gasteiger partial charge in [0.1, 0.15) is 22.3 Å². The Hall–Kier alpha value is -2.64. The highest BCUT2D eigenvalue weighted by molar-refractivity contribution is 7.16. The fraction of sp³-hybridized carbons (Fsp3) is 0.286. The summed E-state index contributed by atoms with van der Waals surface area (Å²) in [5.74, 6) is 0.584. The zero-order chi connectivity index (χ0) is 19.3. The number of hydrogen-bond acceptors (Lipinski definition) is 5. The Bertz CT molecular complexity index is 1060. The summed E-state index contributed by atoms with van der Waals surface area (Å²) in [7, 11) is 0. The zero-order valence-electron chi connectivity index (χ0n) is 15.4. The molecule has 0 fully saturated rings. The number of carbonyl (C=O) groups is 1. The highest BCUT2D eigenvalue weighted by Crippen LogP contribution is 2.41. The number of furan rings is 1. The van der Waals surface area contributed by atoms with E-state index in [4.69, 9.17) is 4.42 Å². The molecule has 28 heavy (non-hydrogen) atoms. The van der Waals surface area contributed by atoms with Gasteiger partial charge in [-0.15, -0.1) is 11.3 Å². The highest BCUT2D eigenvalue weighted by atomic mass is 32.1. The van der Waals surface area contributed by atoms with Crippen molar-refractivity contribution in [3.05, 3.63) is 64.0 Å². The van der Waals surface area contributed by atoms with Crippen LogP contribution in [0.5, 0.6) is 0 Å². The van der Waals surface area contributed by atoms with Gasteiger partial charge < -0.3 is 15.1 Å². The number of nitrogens with one attached hydrogen (secondary N) is 2. The molecule has 2 aliphatic heterocycles. The molecule has 5 rings (SSSR count). The van der Waals surface area contributed by atoms with E-state index in [0.717, 1.165) is 36.6 Å². The van der Waals surface area contributed by atoms with Crippen LogP contribution in [0.3, 0.4) is 0 Å². The molecule has 1 aromatic carbocycles. The average molecular weight is 397 g/mol. The van der Waals surface area contributed by atoms with Gasteiger partial charge in [-0.25, -0.2) is 4.39 Å². The van der Waals surface area contributed by atoms with Gasteiger partial charge >= 0.3 is 0 Å². The predicted octanol–water partition coefficient (Wildman–Crippen LogP) is 4.38. The standard InChI is InChI=1S/C21H20FN3O2S/c1-2-25-10-9-13-17(11-25)28-21-18(13)20(26)23-19(24-21)16-8-7-15(27-16)12-5-3-4-6-14(12)22/h3-8,19,24H,2,9-11H2,1H3,(H,23,26). The van der Waals surface area contributed by atoms with E-state index in [-0.39, 0.29) is 11.7 Å². The topological polar surface area (TPSA) is 57.5 Å². The molecule has 144 valence electrons. The van der Waals surface area contributed by atoms with Crippen molar-refractivity contribution >= 4 is 22.2 Å². The average Bonchev–Trinajstić information content (AvgIpc) is 3.32. The summed E-state index contributed by atoms with van der Waals surface area (Å²) in [5.41, 5.74) is 2.34. The summed E-state index contributed by atoms with van der Waals surface area (Å²) in [5, 5.41) is 7.27. The first-order chi connectivity index (χ1) is 13.6. The molecule has 5 nitrogen and oxygen atoms in total. The van der Waals surface area contributed by atoms with Crippen LogP contribution in [0.25, 0.3) is 11.3 Å². The molecule has 4 heterocycles. The van der Waals surface area contributed by atoms with E-state index in [1.54, 1.807) is 41.7 Å². The van der Waals surface area contributed by atoms with Crippen LogP contribution in [0.15, 0.2) is 40.8 Å². The van der Waals surface area contributed by atoms with E-state index in [1.165, 1.54) is 16.5 Å². The number of amides is 1. The Kier molecular flexibility index (Phi) is 4.21. The molecule has 1 unspecified atom stereocenters. The van der Waals surface area contributed by atoms with E-state index in [0.29, 0.717) is 17.1 Å². The SMILES string of the molecule is CCN1CCc2c(sc3c2C(=O)NC(c2ccc(-c4ccccc4F)o2)N3)C1. The molecule has 2 aliphatic rings. The fourth-order valence-corrected chi connectivity index (χ4v) is 5.21. The first kappa shape index (κ1) is 17.5. The normalized spacial score (nSPS) is 18.9. The summed E-state index contributed by atoms with van der Waals surface area (Å²) in [4.78, 5) is 16.5. The number of halogens is 1. The van der Waals surface area contributed by atoms with E-state index in [2.05, 4.69) is 22.5 Å². The monoisotopic (exact) mass is 397 g/mol. The van der Waals surface area contributed by atoms with Crippen LogP contribution >= 0.6 is 11.3 Å². The van der Waals surface area contributed by atoms with Gasteiger partial charge in [-0.1, -0.05) is 19.1 Å².